The number of nitrogens with zero attached hydrogens (tertiary/aromatic N) is 1. The van der Waals surface area contributed by atoms with Gasteiger partial charge in [-0.05, 0) is 43.7 Å². The van der Waals surface area contributed by atoms with Crippen molar-refractivity contribution in [3.05, 3.63) is 58.1 Å². The molecule has 2 aromatic rings. The van der Waals surface area contributed by atoms with Crippen LogP contribution in [0.3, 0.4) is 0 Å². The van der Waals surface area contributed by atoms with E-state index in [4.69, 9.17) is 16.3 Å². The first kappa shape index (κ1) is 22.6. The summed E-state index contributed by atoms with van der Waals surface area (Å²) in [6, 6.07) is 9.66. The summed E-state index contributed by atoms with van der Waals surface area (Å²) in [6.45, 7) is 7.99. The van der Waals surface area contributed by atoms with Gasteiger partial charge in [-0.2, -0.15) is 0 Å². The molecular weight excluding hydrogens is 426 g/mol. The number of aryl methyl sites for hydroxylation is 2. The lowest BCUT2D eigenvalue weighted by molar-refractivity contribution is 0.0383. The first-order valence-electron chi connectivity index (χ1n) is 9.74. The smallest absolute Gasteiger partial charge is 0.263 e. The number of halogens is 1. The fourth-order valence-electron chi connectivity index (χ4n) is 3.23. The van der Waals surface area contributed by atoms with Gasteiger partial charge >= 0.3 is 0 Å². The molecule has 0 aliphatic carbocycles. The van der Waals surface area contributed by atoms with Crippen molar-refractivity contribution in [3.8, 4) is 0 Å². The Morgan fingerprint density at radius 2 is 1.87 bits per heavy atom. The van der Waals surface area contributed by atoms with Crippen molar-refractivity contribution in [3.63, 3.8) is 0 Å². The second-order valence-corrected chi connectivity index (χ2v) is 9.34. The number of hydrogen-bond acceptors (Lipinski definition) is 5. The van der Waals surface area contributed by atoms with Crippen LogP contribution in [-0.2, 0) is 14.8 Å². The Hall–Kier alpha value is -2.13. The fraction of sp³-hybridized carbons (Fsp3) is 0.381. The van der Waals surface area contributed by atoms with Crippen LogP contribution in [0.15, 0.2) is 41.3 Å². The minimum Gasteiger partial charge on any atom is -0.379 e. The molecule has 0 aromatic heterocycles. The van der Waals surface area contributed by atoms with Gasteiger partial charge in [-0.15, -0.1) is 0 Å². The second-order valence-electron chi connectivity index (χ2n) is 7.28. The second kappa shape index (κ2) is 9.78. The molecule has 1 aliphatic rings. The summed E-state index contributed by atoms with van der Waals surface area (Å²) < 4.78 is 33.7. The Balaban J connectivity index is 1.70. The molecular formula is C21H26ClN3O4S. The Morgan fingerprint density at radius 1 is 1.13 bits per heavy atom. The summed E-state index contributed by atoms with van der Waals surface area (Å²) in [7, 11) is -3.96. The summed E-state index contributed by atoms with van der Waals surface area (Å²) in [4.78, 5) is 14.6. The first-order valence-corrected chi connectivity index (χ1v) is 11.6. The minimum atomic E-state index is -3.96. The van der Waals surface area contributed by atoms with Crippen LogP contribution in [0.5, 0.6) is 0 Å². The summed E-state index contributed by atoms with van der Waals surface area (Å²) >= 11 is 6.15. The zero-order valence-corrected chi connectivity index (χ0v) is 18.6. The average Bonchev–Trinajstić information content (AvgIpc) is 2.71. The number of hydrogen-bond donors (Lipinski definition) is 2. The Bertz CT molecular complexity index is 1020. The van der Waals surface area contributed by atoms with E-state index in [1.807, 2.05) is 26.0 Å². The number of sulfonamides is 1. The topological polar surface area (TPSA) is 87.7 Å². The lowest BCUT2D eigenvalue weighted by Gasteiger charge is -2.26. The quantitative estimate of drug-likeness (QED) is 0.675. The van der Waals surface area contributed by atoms with Crippen LogP contribution in [0.4, 0.5) is 5.69 Å². The number of benzene rings is 2. The number of anilines is 1. The summed E-state index contributed by atoms with van der Waals surface area (Å²) in [6.07, 6.45) is 0. The third-order valence-corrected chi connectivity index (χ3v) is 6.77. The van der Waals surface area contributed by atoms with E-state index < -0.39 is 10.0 Å². The monoisotopic (exact) mass is 451 g/mol. The van der Waals surface area contributed by atoms with Crippen LogP contribution in [0.25, 0.3) is 0 Å². The predicted octanol–water partition coefficient (Wildman–Crippen LogP) is 2.82. The van der Waals surface area contributed by atoms with Crippen LogP contribution in [0, 0.1) is 13.8 Å². The molecule has 1 fully saturated rings. The molecule has 2 aromatic carbocycles. The van der Waals surface area contributed by atoms with Crippen molar-refractivity contribution in [2.24, 2.45) is 0 Å². The Labute approximate surface area is 182 Å². The SMILES string of the molecule is Cc1ccc(NS(=O)(=O)c2cc(C(=O)NCCN3CCOCC3)ccc2Cl)c(C)c1. The Morgan fingerprint density at radius 3 is 2.57 bits per heavy atom. The van der Waals surface area contributed by atoms with Gasteiger partial charge in [0, 0.05) is 31.7 Å². The van der Waals surface area contributed by atoms with Gasteiger partial charge in [-0.1, -0.05) is 29.3 Å². The highest BCUT2D eigenvalue weighted by molar-refractivity contribution is 7.92. The number of amides is 1. The van der Waals surface area contributed by atoms with Crippen molar-refractivity contribution in [2.45, 2.75) is 18.7 Å². The van der Waals surface area contributed by atoms with E-state index in [1.165, 1.54) is 18.2 Å². The highest BCUT2D eigenvalue weighted by atomic mass is 35.5. The van der Waals surface area contributed by atoms with E-state index in [2.05, 4.69) is 14.9 Å². The molecule has 0 saturated carbocycles. The molecule has 162 valence electrons. The molecule has 1 saturated heterocycles. The van der Waals surface area contributed by atoms with E-state index in [-0.39, 0.29) is 21.4 Å². The van der Waals surface area contributed by atoms with Crippen molar-refractivity contribution in [1.82, 2.24) is 10.2 Å². The van der Waals surface area contributed by atoms with E-state index in [9.17, 15) is 13.2 Å². The van der Waals surface area contributed by atoms with E-state index >= 15 is 0 Å². The maximum absolute atomic E-state index is 12.9. The van der Waals surface area contributed by atoms with Crippen LogP contribution < -0.4 is 10.0 Å². The van der Waals surface area contributed by atoms with Gasteiger partial charge in [0.15, 0.2) is 0 Å². The molecule has 0 unspecified atom stereocenters. The number of ether oxygens (including phenoxy) is 1. The van der Waals surface area contributed by atoms with Gasteiger partial charge in [0.1, 0.15) is 4.90 Å². The molecule has 0 radical (unpaired) electrons. The average molecular weight is 452 g/mol. The highest BCUT2D eigenvalue weighted by Gasteiger charge is 2.21. The van der Waals surface area contributed by atoms with Gasteiger partial charge < -0.3 is 10.1 Å². The third kappa shape index (κ3) is 5.72. The van der Waals surface area contributed by atoms with Gasteiger partial charge in [-0.3, -0.25) is 14.4 Å². The molecule has 2 N–H and O–H groups in total. The Kier molecular flexibility index (Phi) is 7.36. The molecule has 0 spiro atoms. The number of morpholine rings is 1. The third-order valence-electron chi connectivity index (χ3n) is 4.93. The van der Waals surface area contributed by atoms with Crippen molar-refractivity contribution < 1.29 is 17.9 Å². The lowest BCUT2D eigenvalue weighted by Crippen LogP contribution is -2.41. The molecule has 0 atom stereocenters. The van der Waals surface area contributed by atoms with Gasteiger partial charge in [0.25, 0.3) is 15.9 Å². The van der Waals surface area contributed by atoms with E-state index in [1.54, 1.807) is 6.07 Å². The van der Waals surface area contributed by atoms with E-state index in [0.717, 1.165) is 24.2 Å². The zero-order valence-electron chi connectivity index (χ0n) is 17.1. The predicted molar refractivity (Wildman–Crippen MR) is 118 cm³/mol. The maximum Gasteiger partial charge on any atom is 0.263 e. The minimum absolute atomic E-state index is 0.0529. The fourth-order valence-corrected chi connectivity index (χ4v) is 4.89. The largest absolute Gasteiger partial charge is 0.379 e. The van der Waals surface area contributed by atoms with Crippen LogP contribution in [0.1, 0.15) is 21.5 Å². The zero-order chi connectivity index (χ0) is 21.7. The van der Waals surface area contributed by atoms with E-state index in [0.29, 0.717) is 32.0 Å². The first-order chi connectivity index (χ1) is 14.3. The van der Waals surface area contributed by atoms with Crippen LogP contribution in [0.2, 0.25) is 5.02 Å². The number of carbonyl (C=O) groups is 1. The molecule has 0 bridgehead atoms. The van der Waals surface area contributed by atoms with Crippen LogP contribution >= 0.6 is 11.6 Å². The number of carbonyl (C=O) groups excluding carboxylic acids is 1. The molecule has 1 heterocycles. The van der Waals surface area contributed by atoms with Crippen molar-refractivity contribution >= 4 is 33.2 Å². The van der Waals surface area contributed by atoms with Crippen LogP contribution in [-0.4, -0.2) is 58.6 Å². The standard InChI is InChI=1S/C21H26ClN3O4S/c1-15-3-6-19(16(2)13-15)24-30(27,28)20-14-17(4-5-18(20)22)21(26)23-7-8-25-9-11-29-12-10-25/h3-6,13-14,24H,7-12H2,1-2H3,(H,23,26). The number of nitrogens with one attached hydrogen (secondary N) is 2. The van der Waals surface area contributed by atoms with Crippen molar-refractivity contribution in [2.75, 3.05) is 44.1 Å². The maximum atomic E-state index is 12.9. The normalized spacial score (nSPS) is 15.0. The molecule has 1 aliphatic heterocycles. The van der Waals surface area contributed by atoms with Gasteiger partial charge in [-0.25, -0.2) is 8.42 Å². The van der Waals surface area contributed by atoms with Crippen molar-refractivity contribution in [1.29, 1.82) is 0 Å². The molecule has 3 rings (SSSR count). The molecule has 30 heavy (non-hydrogen) atoms. The summed E-state index contributed by atoms with van der Waals surface area (Å²) in [5.74, 6) is -0.345. The summed E-state index contributed by atoms with van der Waals surface area (Å²) in [5, 5.41) is 2.88. The van der Waals surface area contributed by atoms with Gasteiger partial charge in [0.05, 0.1) is 23.9 Å². The molecule has 9 heteroatoms. The molecule has 7 nitrogen and oxygen atoms in total. The number of rotatable bonds is 7. The summed E-state index contributed by atoms with van der Waals surface area (Å²) in [5.41, 5.74) is 2.54. The highest BCUT2D eigenvalue weighted by Crippen LogP contribution is 2.26. The molecule has 1 amide bonds. The van der Waals surface area contributed by atoms with Gasteiger partial charge in [0.2, 0.25) is 0 Å². The lowest BCUT2D eigenvalue weighted by atomic mass is 10.1.